The number of H-pyrrole nitrogens is 1. The number of fused-ring (bicyclic) bond motifs is 2. The average molecular weight is 233 g/mol. The second-order valence-electron chi connectivity index (χ2n) is 4.42. The molecule has 4 aromatic rings. The van der Waals surface area contributed by atoms with Crippen LogP contribution in [0, 0.1) is 0 Å². The number of rotatable bonds is 1. The van der Waals surface area contributed by atoms with Crippen LogP contribution in [0.25, 0.3) is 33.1 Å². The third kappa shape index (κ3) is 1.29. The Balaban J connectivity index is 2.01. The molecule has 0 saturated heterocycles. The summed E-state index contributed by atoms with van der Waals surface area (Å²) in [7, 11) is 0. The van der Waals surface area contributed by atoms with Gasteiger partial charge in [0.25, 0.3) is 0 Å². The van der Waals surface area contributed by atoms with Gasteiger partial charge in [0.2, 0.25) is 0 Å². The quantitative estimate of drug-likeness (QED) is 0.512. The number of benzene rings is 2. The summed E-state index contributed by atoms with van der Waals surface area (Å²) in [5.74, 6) is 0.904. The first-order valence-corrected chi connectivity index (χ1v) is 5.96. The lowest BCUT2D eigenvalue weighted by molar-refractivity contribution is 0.585. The largest absolute Gasteiger partial charge is 0.462 e. The van der Waals surface area contributed by atoms with Gasteiger partial charge in [0.05, 0.1) is 12.0 Å². The van der Waals surface area contributed by atoms with E-state index in [0.717, 1.165) is 27.7 Å². The van der Waals surface area contributed by atoms with E-state index in [1.54, 1.807) is 6.26 Å². The first-order chi connectivity index (χ1) is 8.92. The van der Waals surface area contributed by atoms with Crippen LogP contribution in [0.5, 0.6) is 0 Å². The zero-order valence-corrected chi connectivity index (χ0v) is 9.68. The molecular weight excluding hydrogens is 222 g/mol. The number of nitrogens with one attached hydrogen (secondary N) is 1. The van der Waals surface area contributed by atoms with E-state index in [0.29, 0.717) is 0 Å². The fraction of sp³-hybridized carbons (Fsp3) is 0. The van der Waals surface area contributed by atoms with Gasteiger partial charge in [0, 0.05) is 21.7 Å². The van der Waals surface area contributed by atoms with Crippen LogP contribution >= 0.6 is 0 Å². The number of hydrogen-bond acceptors (Lipinski definition) is 1. The molecule has 0 aliphatic carbocycles. The predicted octanol–water partition coefficient (Wildman–Crippen LogP) is 4.58. The van der Waals surface area contributed by atoms with E-state index in [4.69, 9.17) is 4.42 Å². The first-order valence-electron chi connectivity index (χ1n) is 5.96. The Morgan fingerprint density at radius 2 is 1.61 bits per heavy atom. The molecule has 4 rings (SSSR count). The topological polar surface area (TPSA) is 28.9 Å². The molecule has 0 aliphatic rings. The van der Waals surface area contributed by atoms with Gasteiger partial charge in [-0.1, -0.05) is 42.5 Å². The zero-order chi connectivity index (χ0) is 11.9. The molecule has 2 aromatic heterocycles. The highest BCUT2D eigenvalue weighted by Gasteiger charge is 2.10. The number of furan rings is 1. The molecule has 0 fully saturated rings. The van der Waals surface area contributed by atoms with E-state index < -0.39 is 0 Å². The minimum absolute atomic E-state index is 0.904. The van der Waals surface area contributed by atoms with Crippen molar-refractivity contribution in [1.29, 1.82) is 0 Å². The molecule has 1 N–H and O–H groups in total. The van der Waals surface area contributed by atoms with E-state index >= 15 is 0 Å². The Labute approximate surface area is 104 Å². The smallest absolute Gasteiger partial charge is 0.157 e. The number of para-hydroxylation sites is 1. The highest BCUT2D eigenvalue weighted by molar-refractivity contribution is 5.96. The number of hydrogen-bond donors (Lipinski definition) is 1. The molecule has 0 atom stereocenters. The van der Waals surface area contributed by atoms with E-state index in [-0.39, 0.29) is 0 Å². The Hall–Kier alpha value is -2.48. The van der Waals surface area contributed by atoms with Gasteiger partial charge < -0.3 is 9.40 Å². The highest BCUT2D eigenvalue weighted by Crippen LogP contribution is 2.31. The molecule has 2 heteroatoms. The minimum Gasteiger partial charge on any atom is -0.462 e. The van der Waals surface area contributed by atoms with Crippen molar-refractivity contribution >= 4 is 21.7 Å². The lowest BCUT2D eigenvalue weighted by atomic mass is 10.1. The molecule has 86 valence electrons. The Bertz CT molecular complexity index is 805. The molecular formula is C16H11NO. The van der Waals surface area contributed by atoms with E-state index in [2.05, 4.69) is 35.3 Å². The fourth-order valence-electron chi connectivity index (χ4n) is 2.40. The van der Waals surface area contributed by atoms with Crippen molar-refractivity contribution in [2.24, 2.45) is 0 Å². The molecule has 0 saturated carbocycles. The first kappa shape index (κ1) is 9.54. The van der Waals surface area contributed by atoms with E-state index in [1.807, 2.05) is 24.3 Å². The maximum atomic E-state index is 5.70. The van der Waals surface area contributed by atoms with Crippen molar-refractivity contribution in [3.8, 4) is 11.5 Å². The Morgan fingerprint density at radius 1 is 0.833 bits per heavy atom. The second kappa shape index (κ2) is 3.50. The molecule has 0 aliphatic heterocycles. The highest BCUT2D eigenvalue weighted by atomic mass is 16.3. The summed E-state index contributed by atoms with van der Waals surface area (Å²) in [5.41, 5.74) is 2.16. The monoisotopic (exact) mass is 233 g/mol. The maximum absolute atomic E-state index is 5.70. The molecule has 0 radical (unpaired) electrons. The molecule has 2 heterocycles. The van der Waals surface area contributed by atoms with Gasteiger partial charge in [-0.25, -0.2) is 0 Å². The van der Waals surface area contributed by atoms with Gasteiger partial charge in [-0.3, -0.25) is 0 Å². The molecule has 0 bridgehead atoms. The van der Waals surface area contributed by atoms with Crippen LogP contribution in [0.1, 0.15) is 0 Å². The van der Waals surface area contributed by atoms with Crippen molar-refractivity contribution in [2.45, 2.75) is 0 Å². The zero-order valence-electron chi connectivity index (χ0n) is 9.68. The van der Waals surface area contributed by atoms with Crippen molar-refractivity contribution in [3.63, 3.8) is 0 Å². The van der Waals surface area contributed by atoms with Crippen LogP contribution in [0.2, 0.25) is 0 Å². The summed E-state index contributed by atoms with van der Waals surface area (Å²) in [6.45, 7) is 0. The average Bonchev–Trinajstić information content (AvgIpc) is 3.02. The molecule has 2 aromatic carbocycles. The Kier molecular flexibility index (Phi) is 1.86. The van der Waals surface area contributed by atoms with Crippen LogP contribution in [0.15, 0.2) is 65.3 Å². The van der Waals surface area contributed by atoms with Gasteiger partial charge >= 0.3 is 0 Å². The van der Waals surface area contributed by atoms with Crippen LogP contribution < -0.4 is 0 Å². The van der Waals surface area contributed by atoms with Crippen molar-refractivity contribution in [2.75, 3.05) is 0 Å². The number of aromatic amines is 1. The molecule has 2 nitrogen and oxygen atoms in total. The molecule has 0 unspecified atom stereocenters. The normalized spacial score (nSPS) is 11.3. The lowest BCUT2D eigenvalue weighted by Gasteiger charge is -1.93. The third-order valence-corrected chi connectivity index (χ3v) is 3.28. The van der Waals surface area contributed by atoms with Crippen LogP contribution in [0.4, 0.5) is 0 Å². The van der Waals surface area contributed by atoms with Gasteiger partial charge in [-0.05, 0) is 12.1 Å². The summed E-state index contributed by atoms with van der Waals surface area (Å²) >= 11 is 0. The van der Waals surface area contributed by atoms with Crippen molar-refractivity contribution in [1.82, 2.24) is 4.98 Å². The summed E-state index contributed by atoms with van der Waals surface area (Å²) in [6, 6.07) is 18.6. The maximum Gasteiger partial charge on any atom is 0.157 e. The standard InChI is InChI=1S/C16H11NO/c1-3-7-13-12(6-1)10-18-16(13)15-9-11-5-2-4-8-14(11)17-15/h1-10,17H. The van der Waals surface area contributed by atoms with Crippen molar-refractivity contribution < 1.29 is 4.42 Å². The van der Waals surface area contributed by atoms with Crippen LogP contribution in [0.3, 0.4) is 0 Å². The van der Waals surface area contributed by atoms with E-state index in [1.165, 1.54) is 5.39 Å². The summed E-state index contributed by atoms with van der Waals surface area (Å²) < 4.78 is 5.70. The Morgan fingerprint density at radius 3 is 2.50 bits per heavy atom. The second-order valence-corrected chi connectivity index (χ2v) is 4.42. The van der Waals surface area contributed by atoms with Gasteiger partial charge in [0.15, 0.2) is 5.76 Å². The third-order valence-electron chi connectivity index (χ3n) is 3.28. The predicted molar refractivity (Wildman–Crippen MR) is 73.5 cm³/mol. The van der Waals surface area contributed by atoms with Crippen LogP contribution in [-0.2, 0) is 0 Å². The summed E-state index contributed by atoms with van der Waals surface area (Å²) in [4.78, 5) is 3.40. The van der Waals surface area contributed by atoms with Crippen molar-refractivity contribution in [3.05, 3.63) is 60.9 Å². The number of aromatic nitrogens is 1. The van der Waals surface area contributed by atoms with E-state index in [9.17, 15) is 0 Å². The van der Waals surface area contributed by atoms with Gasteiger partial charge in [-0.15, -0.1) is 0 Å². The SMILES string of the molecule is c1ccc2[nH]c(-c3occ4ccccc34)cc2c1. The minimum atomic E-state index is 0.904. The molecule has 0 amide bonds. The van der Waals surface area contributed by atoms with Gasteiger partial charge in [-0.2, -0.15) is 0 Å². The molecule has 0 spiro atoms. The van der Waals surface area contributed by atoms with Crippen LogP contribution in [-0.4, -0.2) is 4.98 Å². The lowest BCUT2D eigenvalue weighted by Crippen LogP contribution is -1.73. The summed E-state index contributed by atoms with van der Waals surface area (Å²) in [5, 5.41) is 3.48. The fourth-order valence-corrected chi connectivity index (χ4v) is 2.40. The summed E-state index contributed by atoms with van der Waals surface area (Å²) in [6.07, 6.45) is 1.80. The van der Waals surface area contributed by atoms with Gasteiger partial charge in [0.1, 0.15) is 0 Å². The molecule has 18 heavy (non-hydrogen) atoms.